The standard InChI is InChI=1S/C9H10N4S/c1-6-4-7(10)2-3-8(6)14-9-11-5-12-13-9/h2-5H,10H2,1H3,(H,11,12,13). The molecule has 3 N–H and O–H groups in total. The van der Waals surface area contributed by atoms with E-state index in [1.165, 1.54) is 6.33 Å². The van der Waals surface area contributed by atoms with Crippen molar-refractivity contribution in [1.29, 1.82) is 0 Å². The molecule has 2 rings (SSSR count). The first-order chi connectivity index (χ1) is 6.75. The van der Waals surface area contributed by atoms with Gasteiger partial charge in [0.05, 0.1) is 0 Å². The van der Waals surface area contributed by atoms with Crippen molar-refractivity contribution in [2.45, 2.75) is 17.0 Å². The highest BCUT2D eigenvalue weighted by Crippen LogP contribution is 2.28. The third-order valence-electron chi connectivity index (χ3n) is 1.80. The molecule has 72 valence electrons. The van der Waals surface area contributed by atoms with Crippen molar-refractivity contribution >= 4 is 17.4 Å². The van der Waals surface area contributed by atoms with Gasteiger partial charge < -0.3 is 5.73 Å². The van der Waals surface area contributed by atoms with E-state index in [1.807, 2.05) is 25.1 Å². The summed E-state index contributed by atoms with van der Waals surface area (Å²) in [4.78, 5) is 5.18. The fourth-order valence-corrected chi connectivity index (χ4v) is 1.90. The number of nitrogen functional groups attached to an aromatic ring is 1. The van der Waals surface area contributed by atoms with Gasteiger partial charge >= 0.3 is 0 Å². The Morgan fingerprint density at radius 1 is 1.43 bits per heavy atom. The second-order valence-corrected chi connectivity index (χ2v) is 3.95. The van der Waals surface area contributed by atoms with Crippen molar-refractivity contribution in [1.82, 2.24) is 15.2 Å². The predicted molar refractivity (Wildman–Crippen MR) is 56.1 cm³/mol. The largest absolute Gasteiger partial charge is 0.399 e. The van der Waals surface area contributed by atoms with E-state index in [-0.39, 0.29) is 0 Å². The molecule has 0 atom stereocenters. The average Bonchev–Trinajstić information content (AvgIpc) is 2.62. The van der Waals surface area contributed by atoms with E-state index >= 15 is 0 Å². The summed E-state index contributed by atoms with van der Waals surface area (Å²) < 4.78 is 0. The van der Waals surface area contributed by atoms with Crippen LogP contribution in [0.1, 0.15) is 5.56 Å². The summed E-state index contributed by atoms with van der Waals surface area (Å²) in [6.07, 6.45) is 1.50. The molecule has 0 aliphatic carbocycles. The Bertz CT molecular complexity index is 424. The van der Waals surface area contributed by atoms with Crippen LogP contribution in [-0.2, 0) is 0 Å². The number of nitrogens with zero attached hydrogens (tertiary/aromatic N) is 2. The van der Waals surface area contributed by atoms with Crippen LogP contribution in [0.3, 0.4) is 0 Å². The van der Waals surface area contributed by atoms with Gasteiger partial charge in [-0.25, -0.2) is 4.98 Å². The van der Waals surface area contributed by atoms with Gasteiger partial charge in [-0.1, -0.05) is 11.8 Å². The third kappa shape index (κ3) is 1.88. The van der Waals surface area contributed by atoms with Crippen molar-refractivity contribution in [2.24, 2.45) is 0 Å². The lowest BCUT2D eigenvalue weighted by Crippen LogP contribution is -1.87. The third-order valence-corrected chi connectivity index (χ3v) is 2.87. The number of aromatic amines is 1. The van der Waals surface area contributed by atoms with Crippen LogP contribution in [0.5, 0.6) is 0 Å². The normalized spacial score (nSPS) is 10.4. The zero-order valence-electron chi connectivity index (χ0n) is 7.69. The minimum absolute atomic E-state index is 0.782. The number of rotatable bonds is 2. The highest BCUT2D eigenvalue weighted by atomic mass is 32.2. The summed E-state index contributed by atoms with van der Waals surface area (Å²) in [5.41, 5.74) is 7.58. The molecule has 1 aromatic heterocycles. The van der Waals surface area contributed by atoms with Gasteiger partial charge in [-0.2, -0.15) is 5.10 Å². The molecule has 0 bridgehead atoms. The van der Waals surface area contributed by atoms with Gasteiger partial charge in [-0.15, -0.1) is 0 Å². The Kier molecular flexibility index (Phi) is 2.41. The zero-order valence-corrected chi connectivity index (χ0v) is 8.51. The number of aromatic nitrogens is 3. The smallest absolute Gasteiger partial charge is 0.188 e. The van der Waals surface area contributed by atoms with Crippen molar-refractivity contribution in [2.75, 3.05) is 5.73 Å². The van der Waals surface area contributed by atoms with Crippen LogP contribution in [0.25, 0.3) is 0 Å². The molecular formula is C9H10N4S. The van der Waals surface area contributed by atoms with Crippen LogP contribution in [0, 0.1) is 6.92 Å². The first-order valence-corrected chi connectivity index (χ1v) is 4.97. The molecule has 0 aliphatic heterocycles. The fourth-order valence-electron chi connectivity index (χ4n) is 1.13. The Morgan fingerprint density at radius 3 is 2.93 bits per heavy atom. The summed E-state index contributed by atoms with van der Waals surface area (Å²) in [5, 5.41) is 7.37. The lowest BCUT2D eigenvalue weighted by Gasteiger charge is -2.03. The molecule has 5 heteroatoms. The minimum Gasteiger partial charge on any atom is -0.399 e. The molecule has 0 saturated heterocycles. The number of aryl methyl sites for hydroxylation is 1. The van der Waals surface area contributed by atoms with Crippen molar-refractivity contribution in [3.05, 3.63) is 30.1 Å². The maximum absolute atomic E-state index is 5.66. The lowest BCUT2D eigenvalue weighted by molar-refractivity contribution is 0.972. The van der Waals surface area contributed by atoms with Crippen LogP contribution in [-0.4, -0.2) is 15.2 Å². The van der Waals surface area contributed by atoms with Gasteiger partial charge in [-0.3, -0.25) is 5.10 Å². The monoisotopic (exact) mass is 206 g/mol. The van der Waals surface area contributed by atoms with Gasteiger partial charge in [0.1, 0.15) is 6.33 Å². The average molecular weight is 206 g/mol. The number of hydrogen-bond donors (Lipinski definition) is 2. The first-order valence-electron chi connectivity index (χ1n) is 4.15. The van der Waals surface area contributed by atoms with Gasteiger partial charge in [-0.05, 0) is 30.7 Å². The summed E-state index contributed by atoms with van der Waals surface area (Å²) >= 11 is 1.54. The summed E-state index contributed by atoms with van der Waals surface area (Å²) in [6.45, 7) is 2.02. The van der Waals surface area contributed by atoms with Gasteiger partial charge in [0.15, 0.2) is 5.16 Å². The quantitative estimate of drug-likeness (QED) is 0.736. The van der Waals surface area contributed by atoms with E-state index in [9.17, 15) is 0 Å². The maximum Gasteiger partial charge on any atom is 0.188 e. The minimum atomic E-state index is 0.782. The maximum atomic E-state index is 5.66. The Labute approximate surface area is 85.9 Å². The number of benzene rings is 1. The SMILES string of the molecule is Cc1cc(N)ccc1Sc1ncn[nH]1. The fraction of sp³-hybridized carbons (Fsp3) is 0.111. The number of nitrogens with two attached hydrogens (primary N) is 1. The molecule has 0 unspecified atom stereocenters. The topological polar surface area (TPSA) is 67.6 Å². The highest BCUT2D eigenvalue weighted by molar-refractivity contribution is 7.99. The molecule has 1 aromatic carbocycles. The van der Waals surface area contributed by atoms with Crippen LogP contribution < -0.4 is 5.73 Å². The first kappa shape index (κ1) is 9.08. The molecule has 0 saturated carbocycles. The second-order valence-electron chi connectivity index (χ2n) is 2.92. The molecule has 14 heavy (non-hydrogen) atoms. The Balaban J connectivity index is 2.25. The van der Waals surface area contributed by atoms with Gasteiger partial charge in [0.2, 0.25) is 0 Å². The number of hydrogen-bond acceptors (Lipinski definition) is 4. The summed E-state index contributed by atoms with van der Waals surface area (Å²) in [6, 6.07) is 5.81. The Hall–Kier alpha value is -1.49. The molecule has 0 fully saturated rings. The summed E-state index contributed by atoms with van der Waals surface area (Å²) in [7, 11) is 0. The Morgan fingerprint density at radius 2 is 2.29 bits per heavy atom. The van der Waals surface area contributed by atoms with Crippen LogP contribution >= 0.6 is 11.8 Å². The molecule has 0 spiro atoms. The lowest BCUT2D eigenvalue weighted by atomic mass is 10.2. The highest BCUT2D eigenvalue weighted by Gasteiger charge is 2.02. The van der Waals surface area contributed by atoms with Crippen LogP contribution in [0.15, 0.2) is 34.6 Å². The van der Waals surface area contributed by atoms with E-state index in [0.29, 0.717) is 0 Å². The number of nitrogens with one attached hydrogen (secondary N) is 1. The molecule has 2 aromatic rings. The zero-order chi connectivity index (χ0) is 9.97. The molecule has 0 radical (unpaired) electrons. The molecule has 4 nitrogen and oxygen atoms in total. The number of H-pyrrole nitrogens is 1. The van der Waals surface area contributed by atoms with Crippen LogP contribution in [0.2, 0.25) is 0 Å². The van der Waals surface area contributed by atoms with E-state index < -0.39 is 0 Å². The molecule has 0 aliphatic rings. The summed E-state index contributed by atoms with van der Waals surface area (Å²) in [5.74, 6) is 0. The van der Waals surface area contributed by atoms with Gasteiger partial charge in [0.25, 0.3) is 0 Å². The molecule has 0 amide bonds. The number of anilines is 1. The second kappa shape index (κ2) is 3.71. The van der Waals surface area contributed by atoms with Gasteiger partial charge in [0, 0.05) is 10.6 Å². The van der Waals surface area contributed by atoms with Crippen LogP contribution in [0.4, 0.5) is 5.69 Å². The van der Waals surface area contributed by atoms with Crippen molar-refractivity contribution in [3.8, 4) is 0 Å². The molecule has 1 heterocycles. The molecular weight excluding hydrogens is 196 g/mol. The van der Waals surface area contributed by atoms with Crippen molar-refractivity contribution < 1.29 is 0 Å². The van der Waals surface area contributed by atoms with E-state index in [1.54, 1.807) is 11.8 Å². The predicted octanol–water partition coefficient (Wildman–Crippen LogP) is 1.85. The van der Waals surface area contributed by atoms with E-state index in [2.05, 4.69) is 15.2 Å². The van der Waals surface area contributed by atoms with Crippen molar-refractivity contribution in [3.63, 3.8) is 0 Å². The van der Waals surface area contributed by atoms with E-state index in [4.69, 9.17) is 5.73 Å². The van der Waals surface area contributed by atoms with E-state index in [0.717, 1.165) is 21.3 Å².